The molecule has 0 fully saturated rings. The van der Waals surface area contributed by atoms with Gasteiger partial charge in [0.05, 0.1) is 15.6 Å². The molecule has 0 unspecified atom stereocenters. The molecule has 5 heteroatoms. The Balaban J connectivity index is 2.76. The van der Waals surface area contributed by atoms with Crippen LogP contribution >= 0.6 is 23.2 Å². The van der Waals surface area contributed by atoms with E-state index in [0.29, 0.717) is 0 Å². The Bertz CT molecular complexity index is 455. The van der Waals surface area contributed by atoms with E-state index in [9.17, 15) is 9.59 Å². The quantitative estimate of drug-likeness (QED) is 0.796. The summed E-state index contributed by atoms with van der Waals surface area (Å²) in [6.07, 6.45) is 0. The lowest BCUT2D eigenvalue weighted by molar-refractivity contribution is -0.129. The minimum Gasteiger partial charge on any atom is -0.454 e. The molecule has 0 radical (unpaired) electrons. The lowest BCUT2D eigenvalue weighted by Crippen LogP contribution is -2.26. The van der Waals surface area contributed by atoms with Crippen molar-refractivity contribution in [3.63, 3.8) is 0 Å². The molecule has 1 aromatic carbocycles. The van der Waals surface area contributed by atoms with Gasteiger partial charge in [-0.05, 0) is 12.1 Å². The molecule has 0 amide bonds. The number of benzene rings is 1. The maximum Gasteiger partial charge on any atom is 0.341 e. The Labute approximate surface area is 116 Å². The van der Waals surface area contributed by atoms with Gasteiger partial charge in [-0.25, -0.2) is 4.79 Å². The molecule has 0 heterocycles. The molecule has 0 aromatic heterocycles. The number of esters is 1. The fourth-order valence-electron chi connectivity index (χ4n) is 1.11. The molecular weight excluding hydrogens is 275 g/mol. The molecule has 0 saturated heterocycles. The molecule has 1 rings (SSSR count). The molecule has 0 saturated carbocycles. The summed E-state index contributed by atoms with van der Waals surface area (Å²) in [5.41, 5.74) is -0.465. The van der Waals surface area contributed by atoms with Crippen molar-refractivity contribution in [2.24, 2.45) is 5.41 Å². The summed E-state index contributed by atoms with van der Waals surface area (Å²) in [5, 5.41) is 0.409. The summed E-state index contributed by atoms with van der Waals surface area (Å²) in [6.45, 7) is 4.98. The first kappa shape index (κ1) is 15.0. The fourth-order valence-corrected chi connectivity index (χ4v) is 1.66. The van der Waals surface area contributed by atoms with E-state index in [1.807, 2.05) is 0 Å². The van der Waals surface area contributed by atoms with Gasteiger partial charge in [-0.1, -0.05) is 50.0 Å². The second-order valence-electron chi connectivity index (χ2n) is 4.85. The summed E-state index contributed by atoms with van der Waals surface area (Å²) in [5.74, 6) is -0.859. The molecule has 0 aliphatic carbocycles. The van der Waals surface area contributed by atoms with Crippen LogP contribution in [0.3, 0.4) is 0 Å². The van der Waals surface area contributed by atoms with Crippen molar-refractivity contribution in [3.8, 4) is 0 Å². The van der Waals surface area contributed by atoms with E-state index >= 15 is 0 Å². The van der Waals surface area contributed by atoms with Crippen molar-refractivity contribution < 1.29 is 14.3 Å². The van der Waals surface area contributed by atoms with Gasteiger partial charge in [-0.3, -0.25) is 4.79 Å². The number of halogens is 2. The Morgan fingerprint density at radius 1 is 1.17 bits per heavy atom. The molecule has 1 aromatic rings. The highest BCUT2D eigenvalue weighted by molar-refractivity contribution is 6.39. The SMILES string of the molecule is CC(C)(C)C(=O)COC(=O)c1c(Cl)cccc1Cl. The van der Waals surface area contributed by atoms with Gasteiger partial charge >= 0.3 is 5.97 Å². The summed E-state index contributed by atoms with van der Waals surface area (Å²) >= 11 is 11.7. The zero-order valence-corrected chi connectivity index (χ0v) is 11.9. The largest absolute Gasteiger partial charge is 0.454 e. The number of ether oxygens (including phenoxy) is 1. The van der Waals surface area contributed by atoms with E-state index in [1.54, 1.807) is 26.8 Å². The van der Waals surface area contributed by atoms with Gasteiger partial charge in [-0.2, -0.15) is 0 Å². The van der Waals surface area contributed by atoms with Crippen molar-refractivity contribution in [2.75, 3.05) is 6.61 Å². The normalized spacial score (nSPS) is 11.2. The summed E-state index contributed by atoms with van der Waals surface area (Å²) < 4.78 is 4.92. The molecular formula is C13H14Cl2O3. The van der Waals surface area contributed by atoms with Crippen molar-refractivity contribution in [1.29, 1.82) is 0 Å². The van der Waals surface area contributed by atoms with E-state index in [-0.39, 0.29) is 28.0 Å². The molecule has 0 aliphatic heterocycles. The molecule has 0 aliphatic rings. The maximum atomic E-state index is 11.8. The lowest BCUT2D eigenvalue weighted by Gasteiger charge is -2.16. The molecule has 0 spiro atoms. The summed E-state index contributed by atoms with van der Waals surface area (Å²) in [4.78, 5) is 23.4. The topological polar surface area (TPSA) is 43.4 Å². The van der Waals surface area contributed by atoms with E-state index < -0.39 is 11.4 Å². The number of carbonyl (C=O) groups is 2. The van der Waals surface area contributed by atoms with E-state index in [1.165, 1.54) is 12.1 Å². The van der Waals surface area contributed by atoms with Crippen LogP contribution < -0.4 is 0 Å². The van der Waals surface area contributed by atoms with Crippen LogP contribution in [0.2, 0.25) is 10.0 Å². The average molecular weight is 289 g/mol. The predicted octanol–water partition coefficient (Wildman–Crippen LogP) is 3.77. The van der Waals surface area contributed by atoms with Crippen LogP contribution in [0.4, 0.5) is 0 Å². The van der Waals surface area contributed by atoms with Gasteiger partial charge in [0.25, 0.3) is 0 Å². The molecule has 0 N–H and O–H groups in total. The van der Waals surface area contributed by atoms with Gasteiger partial charge in [0.1, 0.15) is 0 Å². The highest BCUT2D eigenvalue weighted by atomic mass is 35.5. The third-order valence-electron chi connectivity index (χ3n) is 2.34. The third kappa shape index (κ3) is 3.72. The molecule has 0 atom stereocenters. The highest BCUT2D eigenvalue weighted by Crippen LogP contribution is 2.25. The van der Waals surface area contributed by atoms with Crippen molar-refractivity contribution in [2.45, 2.75) is 20.8 Å². The Morgan fingerprint density at radius 3 is 2.11 bits per heavy atom. The van der Waals surface area contributed by atoms with Crippen LogP contribution in [-0.2, 0) is 9.53 Å². The molecule has 18 heavy (non-hydrogen) atoms. The molecule has 98 valence electrons. The zero-order chi connectivity index (χ0) is 13.9. The van der Waals surface area contributed by atoms with Crippen LogP contribution in [0.25, 0.3) is 0 Å². The van der Waals surface area contributed by atoms with Crippen LogP contribution in [0.15, 0.2) is 18.2 Å². The van der Waals surface area contributed by atoms with Crippen LogP contribution in [0.1, 0.15) is 31.1 Å². The van der Waals surface area contributed by atoms with Crippen molar-refractivity contribution in [3.05, 3.63) is 33.8 Å². The lowest BCUT2D eigenvalue weighted by atomic mass is 9.91. The minimum atomic E-state index is -0.691. The molecule has 0 bridgehead atoms. The highest BCUT2D eigenvalue weighted by Gasteiger charge is 2.24. The number of hydrogen-bond acceptors (Lipinski definition) is 3. The smallest absolute Gasteiger partial charge is 0.341 e. The Morgan fingerprint density at radius 2 is 1.67 bits per heavy atom. The van der Waals surface area contributed by atoms with Gasteiger partial charge in [0.2, 0.25) is 0 Å². The van der Waals surface area contributed by atoms with Gasteiger partial charge in [-0.15, -0.1) is 0 Å². The van der Waals surface area contributed by atoms with Crippen molar-refractivity contribution in [1.82, 2.24) is 0 Å². The zero-order valence-electron chi connectivity index (χ0n) is 10.4. The summed E-state index contributed by atoms with van der Waals surface area (Å²) in [7, 11) is 0. The second-order valence-corrected chi connectivity index (χ2v) is 5.66. The first-order valence-corrected chi connectivity index (χ1v) is 6.13. The number of hydrogen-bond donors (Lipinski definition) is 0. The fraction of sp³-hybridized carbons (Fsp3) is 0.385. The number of Topliss-reactive ketones (excluding diaryl/α,β-unsaturated/α-hetero) is 1. The number of ketones is 1. The van der Waals surface area contributed by atoms with E-state index in [0.717, 1.165) is 0 Å². The number of carbonyl (C=O) groups excluding carboxylic acids is 2. The van der Waals surface area contributed by atoms with Gasteiger partial charge in [0.15, 0.2) is 12.4 Å². The maximum absolute atomic E-state index is 11.8. The standard InChI is InChI=1S/C13H14Cl2O3/c1-13(2,3)10(16)7-18-12(17)11-8(14)5-4-6-9(11)15/h4-6H,7H2,1-3H3. The average Bonchev–Trinajstić information content (AvgIpc) is 2.24. The van der Waals surface area contributed by atoms with E-state index in [4.69, 9.17) is 27.9 Å². The molecule has 3 nitrogen and oxygen atoms in total. The monoisotopic (exact) mass is 288 g/mol. The van der Waals surface area contributed by atoms with Crippen LogP contribution in [-0.4, -0.2) is 18.4 Å². The Hall–Kier alpha value is -1.06. The first-order valence-electron chi connectivity index (χ1n) is 5.38. The third-order valence-corrected chi connectivity index (χ3v) is 2.97. The number of rotatable bonds is 3. The van der Waals surface area contributed by atoms with Gasteiger partial charge < -0.3 is 4.74 Å². The second kappa shape index (κ2) is 5.72. The van der Waals surface area contributed by atoms with E-state index in [2.05, 4.69) is 0 Å². The minimum absolute atomic E-state index is 0.0857. The van der Waals surface area contributed by atoms with Crippen LogP contribution in [0, 0.1) is 5.41 Å². The van der Waals surface area contributed by atoms with Crippen molar-refractivity contribution >= 4 is 35.0 Å². The van der Waals surface area contributed by atoms with Gasteiger partial charge in [0, 0.05) is 5.41 Å². The van der Waals surface area contributed by atoms with Crippen LogP contribution in [0.5, 0.6) is 0 Å². The summed E-state index contributed by atoms with van der Waals surface area (Å²) in [6, 6.07) is 4.70. The first-order chi connectivity index (χ1) is 8.23. The Kier molecular flexibility index (Phi) is 4.77. The predicted molar refractivity (Wildman–Crippen MR) is 71.2 cm³/mol.